The van der Waals surface area contributed by atoms with Crippen LogP contribution in [0.3, 0.4) is 0 Å². The lowest BCUT2D eigenvalue weighted by molar-refractivity contribution is -0.134. The molecule has 2 saturated heterocycles. The molecule has 0 spiro atoms. The van der Waals surface area contributed by atoms with Gasteiger partial charge in [0.05, 0.1) is 22.8 Å². The average molecular weight is 844 g/mol. The first kappa shape index (κ1) is 41.4. The van der Waals surface area contributed by atoms with E-state index < -0.39 is 5.82 Å². The van der Waals surface area contributed by atoms with Crippen molar-refractivity contribution >= 4 is 69.7 Å². The number of hydrogen-bond donors (Lipinski definition) is 5. The van der Waals surface area contributed by atoms with Gasteiger partial charge in [0.1, 0.15) is 0 Å². The van der Waals surface area contributed by atoms with E-state index in [2.05, 4.69) is 65.5 Å². The number of amides is 4. The molecular weight excluding hydrogens is 797 g/mol. The van der Waals surface area contributed by atoms with Crippen LogP contribution in [0.1, 0.15) is 70.7 Å². The smallest absolute Gasteiger partial charge is 0.255 e. The molecule has 0 radical (unpaired) electrons. The quantitative estimate of drug-likeness (QED) is 0.0746. The van der Waals surface area contributed by atoms with E-state index in [1.807, 2.05) is 12.1 Å². The molecule has 4 aromatic carbocycles. The van der Waals surface area contributed by atoms with Crippen molar-refractivity contribution in [1.82, 2.24) is 25.5 Å². The summed E-state index contributed by atoms with van der Waals surface area (Å²) in [5.41, 5.74) is 4.69. The first-order chi connectivity index (χ1) is 29.5. The summed E-state index contributed by atoms with van der Waals surface area (Å²) >= 11 is 6.15. The molecule has 13 nitrogen and oxygen atoms in total. The topological polar surface area (TPSA) is 161 Å². The van der Waals surface area contributed by atoms with Crippen molar-refractivity contribution in [3.63, 3.8) is 0 Å². The summed E-state index contributed by atoms with van der Waals surface area (Å²) < 4.78 is 14.7. The Morgan fingerprint density at radius 1 is 0.852 bits per heavy atom. The predicted molar refractivity (Wildman–Crippen MR) is 234 cm³/mol. The number of nitrogens with one attached hydrogen (secondary N) is 5. The first-order valence-corrected chi connectivity index (χ1v) is 20.9. The van der Waals surface area contributed by atoms with Gasteiger partial charge in [0.25, 0.3) is 11.8 Å². The van der Waals surface area contributed by atoms with E-state index in [-0.39, 0.29) is 47.4 Å². The molecule has 1 aliphatic carbocycles. The summed E-state index contributed by atoms with van der Waals surface area (Å²) in [4.78, 5) is 62.8. The van der Waals surface area contributed by atoms with Gasteiger partial charge in [-0.3, -0.25) is 24.5 Å². The molecule has 1 aromatic heterocycles. The Bertz CT molecular complexity index is 2390. The minimum atomic E-state index is -0.655. The Morgan fingerprint density at radius 2 is 1.51 bits per heavy atom. The number of rotatable bonds is 13. The number of halogens is 2. The van der Waals surface area contributed by atoms with E-state index >= 15 is 0 Å². The SMILES string of the molecule is CN(CC1CCN(c2ccc(C3CCC(=O)NC3=O)cc2)CC1)C1CC(NC(=O)c2ccc(Nc3ncc(F)c(Nc4ccc(C(=O)Nc5ccccc5Cl)cc4)n3)cc2)C1. The molecule has 3 fully saturated rings. The van der Waals surface area contributed by atoms with Crippen LogP contribution in [0.2, 0.25) is 5.02 Å². The number of benzene rings is 4. The van der Waals surface area contributed by atoms with E-state index in [1.165, 1.54) is 0 Å². The van der Waals surface area contributed by atoms with Crippen LogP contribution in [0.15, 0.2) is 103 Å². The van der Waals surface area contributed by atoms with E-state index in [1.54, 1.807) is 72.8 Å². The monoisotopic (exact) mass is 843 g/mol. The molecule has 5 N–H and O–H groups in total. The first-order valence-electron chi connectivity index (χ1n) is 20.6. The van der Waals surface area contributed by atoms with Gasteiger partial charge in [-0.05, 0) is 123 Å². The fraction of sp³-hybridized carbons (Fsp3) is 0.304. The minimum absolute atomic E-state index is 0.0516. The van der Waals surface area contributed by atoms with E-state index in [0.29, 0.717) is 58.0 Å². The lowest BCUT2D eigenvalue weighted by Gasteiger charge is -2.43. The van der Waals surface area contributed by atoms with Crippen LogP contribution in [-0.2, 0) is 9.59 Å². The van der Waals surface area contributed by atoms with Gasteiger partial charge >= 0.3 is 0 Å². The van der Waals surface area contributed by atoms with Gasteiger partial charge in [0, 0.05) is 66.3 Å². The van der Waals surface area contributed by atoms with Gasteiger partial charge in [-0.1, -0.05) is 35.9 Å². The molecule has 2 aliphatic heterocycles. The van der Waals surface area contributed by atoms with Crippen molar-refractivity contribution in [2.75, 3.05) is 47.5 Å². The van der Waals surface area contributed by atoms with E-state index in [9.17, 15) is 23.6 Å². The van der Waals surface area contributed by atoms with Crippen molar-refractivity contribution in [2.24, 2.45) is 5.92 Å². The van der Waals surface area contributed by atoms with Gasteiger partial charge < -0.3 is 31.1 Å². The lowest BCUT2D eigenvalue weighted by atomic mass is 9.84. The zero-order valence-corrected chi connectivity index (χ0v) is 34.4. The van der Waals surface area contributed by atoms with Crippen LogP contribution in [0.4, 0.5) is 38.9 Å². The third-order valence-electron chi connectivity index (χ3n) is 11.8. The number of nitrogens with zero attached hydrogens (tertiary/aromatic N) is 4. The number of para-hydroxylation sites is 1. The fourth-order valence-electron chi connectivity index (χ4n) is 8.14. The summed E-state index contributed by atoms with van der Waals surface area (Å²) in [6.45, 7) is 2.99. The molecule has 15 heteroatoms. The molecule has 1 unspecified atom stereocenters. The lowest BCUT2D eigenvalue weighted by Crippen LogP contribution is -2.54. The molecule has 61 heavy (non-hydrogen) atoms. The van der Waals surface area contributed by atoms with E-state index in [4.69, 9.17) is 11.6 Å². The second-order valence-electron chi connectivity index (χ2n) is 16.0. The highest BCUT2D eigenvalue weighted by Crippen LogP contribution is 2.31. The Labute approximate surface area is 358 Å². The highest BCUT2D eigenvalue weighted by molar-refractivity contribution is 6.33. The number of imide groups is 1. The second-order valence-corrected chi connectivity index (χ2v) is 16.4. The highest BCUT2D eigenvalue weighted by Gasteiger charge is 2.34. The molecule has 8 rings (SSSR count). The third-order valence-corrected chi connectivity index (χ3v) is 12.1. The Hall–Kier alpha value is -6.38. The Balaban J connectivity index is 0.752. The number of anilines is 6. The summed E-state index contributed by atoms with van der Waals surface area (Å²) in [7, 11) is 2.18. The zero-order chi connectivity index (χ0) is 42.5. The van der Waals surface area contributed by atoms with Gasteiger partial charge in [-0.15, -0.1) is 0 Å². The van der Waals surface area contributed by atoms with Crippen LogP contribution < -0.4 is 31.5 Å². The Morgan fingerprint density at radius 3 is 2.18 bits per heavy atom. The van der Waals surface area contributed by atoms with Gasteiger partial charge in [0.2, 0.25) is 17.8 Å². The molecule has 314 valence electrons. The largest absolute Gasteiger partial charge is 0.372 e. The van der Waals surface area contributed by atoms with Crippen LogP contribution in [0, 0.1) is 11.7 Å². The molecule has 5 aromatic rings. The summed E-state index contributed by atoms with van der Waals surface area (Å²) in [6, 6.07) is 29.2. The van der Waals surface area contributed by atoms with Crippen molar-refractivity contribution in [3.05, 3.63) is 131 Å². The molecule has 3 heterocycles. The predicted octanol–water partition coefficient (Wildman–Crippen LogP) is 7.64. The van der Waals surface area contributed by atoms with Crippen molar-refractivity contribution in [3.8, 4) is 0 Å². The number of aromatic nitrogens is 2. The molecule has 1 saturated carbocycles. The van der Waals surface area contributed by atoms with Crippen molar-refractivity contribution < 1.29 is 23.6 Å². The summed E-state index contributed by atoms with van der Waals surface area (Å²) in [5.74, 6) is -1.08. The minimum Gasteiger partial charge on any atom is -0.372 e. The van der Waals surface area contributed by atoms with Crippen molar-refractivity contribution in [2.45, 2.75) is 56.5 Å². The van der Waals surface area contributed by atoms with Gasteiger partial charge in [0.15, 0.2) is 11.6 Å². The van der Waals surface area contributed by atoms with Crippen molar-refractivity contribution in [1.29, 1.82) is 0 Å². The second kappa shape index (κ2) is 18.5. The number of hydrogen-bond acceptors (Lipinski definition) is 10. The number of piperidine rings is 2. The molecule has 4 amide bonds. The standard InChI is InChI=1S/C46H47ClFN9O4/c1-56(27-28-20-22-57(23-21-28)35-16-10-29(11-17-35)37-18-19-41(58)54-45(37)61)36-24-34(25-36)51-43(59)30-8-14-33(15-9-30)52-46-49-26-39(48)42(55-46)50-32-12-6-31(7-13-32)44(60)53-40-5-3-2-4-38(40)47/h2-17,26,28,34,36-37H,18-25,27H2,1H3,(H,51,59)(H,53,60)(H,54,58,61)(H2,49,50,52,55). The average Bonchev–Trinajstić information content (AvgIpc) is 3.25. The zero-order valence-electron chi connectivity index (χ0n) is 33.7. The van der Waals surface area contributed by atoms with Gasteiger partial charge in [-0.2, -0.15) is 4.98 Å². The Kier molecular flexibility index (Phi) is 12.5. The fourth-order valence-corrected chi connectivity index (χ4v) is 8.32. The maximum absolute atomic E-state index is 14.7. The molecule has 1 atom stereocenters. The molecule has 3 aliphatic rings. The van der Waals surface area contributed by atoms with Crippen LogP contribution in [-0.4, -0.2) is 77.3 Å². The maximum Gasteiger partial charge on any atom is 0.255 e. The number of carbonyl (C=O) groups excluding carboxylic acids is 4. The summed E-state index contributed by atoms with van der Waals surface area (Å²) in [5, 5.41) is 14.8. The third kappa shape index (κ3) is 10.2. The van der Waals surface area contributed by atoms with Crippen LogP contribution in [0.5, 0.6) is 0 Å². The maximum atomic E-state index is 14.7. The molecule has 0 bridgehead atoms. The van der Waals surface area contributed by atoms with E-state index in [0.717, 1.165) is 62.8 Å². The highest BCUT2D eigenvalue weighted by atomic mass is 35.5. The normalized spacial score (nSPS) is 19.1. The summed E-state index contributed by atoms with van der Waals surface area (Å²) in [6.07, 6.45) is 6.01. The van der Waals surface area contributed by atoms with Crippen LogP contribution >= 0.6 is 11.6 Å². The van der Waals surface area contributed by atoms with Crippen LogP contribution in [0.25, 0.3) is 0 Å². The number of carbonyl (C=O) groups is 4. The van der Waals surface area contributed by atoms with Gasteiger partial charge in [-0.25, -0.2) is 9.37 Å². The molecular formula is C46H47ClFN9O4.